The summed E-state index contributed by atoms with van der Waals surface area (Å²) in [6.07, 6.45) is 0. The van der Waals surface area contributed by atoms with Crippen LogP contribution in [0.2, 0.25) is 0 Å². The zero-order chi connectivity index (χ0) is 23.6. The molecule has 2 aromatic rings. The van der Waals surface area contributed by atoms with E-state index in [1.165, 1.54) is 31.2 Å². The molecular formula is C22H21FN4O6. The van der Waals surface area contributed by atoms with Crippen molar-refractivity contribution >= 4 is 29.4 Å². The smallest absolute Gasteiger partial charge is 0.325 e. The number of imide groups is 1. The summed E-state index contributed by atoms with van der Waals surface area (Å²) in [7, 11) is 0. The molecule has 0 bridgehead atoms. The Balaban J connectivity index is 1.36. The molecule has 33 heavy (non-hydrogen) atoms. The number of benzene rings is 2. The Labute approximate surface area is 188 Å². The van der Waals surface area contributed by atoms with Gasteiger partial charge in [-0.2, -0.15) is 0 Å². The lowest BCUT2D eigenvalue weighted by molar-refractivity contribution is -0.135. The number of hydrogen-bond donors (Lipinski definition) is 3. The van der Waals surface area contributed by atoms with E-state index in [0.29, 0.717) is 36.0 Å². The Kier molecular flexibility index (Phi) is 5.86. The van der Waals surface area contributed by atoms with Crippen LogP contribution in [0.1, 0.15) is 12.5 Å². The van der Waals surface area contributed by atoms with E-state index in [9.17, 15) is 23.6 Å². The molecule has 172 valence electrons. The first-order chi connectivity index (χ1) is 15.8. The van der Waals surface area contributed by atoms with Gasteiger partial charge in [0.2, 0.25) is 11.8 Å². The monoisotopic (exact) mass is 456 g/mol. The van der Waals surface area contributed by atoms with Gasteiger partial charge in [0.05, 0.1) is 6.54 Å². The van der Waals surface area contributed by atoms with Crippen LogP contribution in [0, 0.1) is 5.82 Å². The molecule has 2 heterocycles. The number of urea groups is 1. The number of hydrogen-bond acceptors (Lipinski definition) is 6. The summed E-state index contributed by atoms with van der Waals surface area (Å²) in [5, 5.41) is 7.46. The first-order valence-electron chi connectivity index (χ1n) is 10.1. The number of fused-ring (bicyclic) bond motifs is 1. The molecule has 1 saturated heterocycles. The highest BCUT2D eigenvalue weighted by molar-refractivity contribution is 6.09. The van der Waals surface area contributed by atoms with E-state index in [0.717, 1.165) is 4.90 Å². The Morgan fingerprint density at radius 1 is 1.06 bits per heavy atom. The van der Waals surface area contributed by atoms with Gasteiger partial charge in [0.15, 0.2) is 11.5 Å². The first kappa shape index (κ1) is 22.1. The molecule has 0 saturated carbocycles. The van der Waals surface area contributed by atoms with Crippen LogP contribution < -0.4 is 25.4 Å². The highest BCUT2D eigenvalue weighted by Crippen LogP contribution is 2.36. The van der Waals surface area contributed by atoms with Crippen LogP contribution in [0.3, 0.4) is 0 Å². The quantitative estimate of drug-likeness (QED) is 0.560. The molecule has 4 rings (SSSR count). The highest BCUT2D eigenvalue weighted by atomic mass is 19.1. The number of nitrogens with one attached hydrogen (secondary N) is 3. The SMILES string of the molecule is C[C@]1(c2ccc3c(c2)OCCO3)NC(=O)N(CC(=O)NCC(=O)Nc2ccc(F)cc2)C1=O. The van der Waals surface area contributed by atoms with Crippen molar-refractivity contribution in [3.8, 4) is 11.5 Å². The Bertz CT molecular complexity index is 1120. The maximum absolute atomic E-state index is 13.0. The van der Waals surface area contributed by atoms with E-state index < -0.39 is 41.7 Å². The molecule has 0 aromatic heterocycles. The summed E-state index contributed by atoms with van der Waals surface area (Å²) in [5.41, 5.74) is -0.556. The van der Waals surface area contributed by atoms with Gasteiger partial charge in [0.1, 0.15) is 31.1 Å². The summed E-state index contributed by atoms with van der Waals surface area (Å²) in [6, 6.07) is 9.31. The van der Waals surface area contributed by atoms with E-state index in [4.69, 9.17) is 9.47 Å². The van der Waals surface area contributed by atoms with Gasteiger partial charge < -0.3 is 25.4 Å². The normalized spacial score (nSPS) is 19.2. The van der Waals surface area contributed by atoms with Crippen LogP contribution in [0.5, 0.6) is 11.5 Å². The maximum atomic E-state index is 13.0. The van der Waals surface area contributed by atoms with Gasteiger partial charge >= 0.3 is 6.03 Å². The second-order valence-electron chi connectivity index (χ2n) is 7.64. The fourth-order valence-corrected chi connectivity index (χ4v) is 3.51. The molecule has 2 aliphatic heterocycles. The van der Waals surface area contributed by atoms with Crippen LogP contribution in [0.4, 0.5) is 14.9 Å². The van der Waals surface area contributed by atoms with Crippen molar-refractivity contribution in [1.29, 1.82) is 0 Å². The van der Waals surface area contributed by atoms with Gasteiger partial charge in [0, 0.05) is 5.69 Å². The third kappa shape index (κ3) is 4.56. The Morgan fingerprint density at radius 3 is 2.48 bits per heavy atom. The standard InChI is InChI=1S/C22H21FN4O6/c1-22(13-2-7-16-17(10-13)33-9-8-32-16)20(30)27(21(31)26-22)12-19(29)24-11-18(28)25-15-5-3-14(23)4-6-15/h2-7,10H,8-9,11-12H2,1H3,(H,24,29)(H,25,28)(H,26,31)/t22-/m1/s1. The number of rotatable bonds is 6. The maximum Gasteiger partial charge on any atom is 0.325 e. The predicted octanol–water partition coefficient (Wildman–Crippen LogP) is 1.12. The fraction of sp³-hybridized carbons (Fsp3) is 0.273. The van der Waals surface area contributed by atoms with Crippen molar-refractivity contribution in [1.82, 2.24) is 15.5 Å². The van der Waals surface area contributed by atoms with Gasteiger partial charge in [-0.1, -0.05) is 6.07 Å². The average Bonchev–Trinajstić information content (AvgIpc) is 3.02. The second kappa shape index (κ2) is 8.77. The highest BCUT2D eigenvalue weighted by Gasteiger charge is 2.49. The van der Waals surface area contributed by atoms with E-state index in [1.807, 2.05) is 0 Å². The lowest BCUT2D eigenvalue weighted by Gasteiger charge is -2.25. The average molecular weight is 456 g/mol. The second-order valence-corrected chi connectivity index (χ2v) is 7.64. The molecule has 0 spiro atoms. The van der Waals surface area contributed by atoms with Gasteiger partial charge in [-0.25, -0.2) is 9.18 Å². The summed E-state index contributed by atoms with van der Waals surface area (Å²) in [5.74, 6) is -1.30. The number of carbonyl (C=O) groups is 4. The molecule has 0 radical (unpaired) electrons. The van der Waals surface area contributed by atoms with E-state index in [1.54, 1.807) is 18.2 Å². The van der Waals surface area contributed by atoms with Gasteiger partial charge in [-0.3, -0.25) is 19.3 Å². The van der Waals surface area contributed by atoms with Crippen molar-refractivity contribution in [3.63, 3.8) is 0 Å². The number of ether oxygens (including phenoxy) is 2. The number of halogens is 1. The zero-order valence-electron chi connectivity index (χ0n) is 17.6. The number of nitrogens with zero attached hydrogens (tertiary/aromatic N) is 1. The molecule has 2 aliphatic rings. The van der Waals surface area contributed by atoms with Crippen LogP contribution in [-0.4, -0.2) is 55.0 Å². The summed E-state index contributed by atoms with van der Waals surface area (Å²) in [4.78, 5) is 50.5. The molecule has 1 fully saturated rings. The molecular weight excluding hydrogens is 435 g/mol. The molecule has 11 heteroatoms. The Morgan fingerprint density at radius 2 is 1.76 bits per heavy atom. The molecule has 5 amide bonds. The lowest BCUT2D eigenvalue weighted by Crippen LogP contribution is -2.44. The van der Waals surface area contributed by atoms with Gasteiger partial charge in [0.25, 0.3) is 5.91 Å². The lowest BCUT2D eigenvalue weighted by atomic mass is 9.91. The molecule has 0 aliphatic carbocycles. The third-order valence-corrected chi connectivity index (χ3v) is 5.27. The van der Waals surface area contributed by atoms with Crippen molar-refractivity contribution in [2.75, 3.05) is 31.6 Å². The predicted molar refractivity (Wildman–Crippen MR) is 113 cm³/mol. The van der Waals surface area contributed by atoms with Crippen LogP contribution in [0.15, 0.2) is 42.5 Å². The van der Waals surface area contributed by atoms with Crippen molar-refractivity contribution in [2.45, 2.75) is 12.5 Å². The van der Waals surface area contributed by atoms with Crippen LogP contribution in [0.25, 0.3) is 0 Å². The van der Waals surface area contributed by atoms with Crippen LogP contribution in [-0.2, 0) is 19.9 Å². The van der Waals surface area contributed by atoms with Crippen molar-refractivity contribution < 1.29 is 33.0 Å². The molecule has 3 N–H and O–H groups in total. The van der Waals surface area contributed by atoms with Crippen molar-refractivity contribution in [2.24, 2.45) is 0 Å². The van der Waals surface area contributed by atoms with E-state index in [2.05, 4.69) is 16.0 Å². The molecule has 0 unspecified atom stereocenters. The van der Waals surface area contributed by atoms with E-state index in [-0.39, 0.29) is 6.54 Å². The molecule has 1 atom stereocenters. The van der Waals surface area contributed by atoms with Gasteiger partial charge in [-0.05, 0) is 48.9 Å². The van der Waals surface area contributed by atoms with Crippen molar-refractivity contribution in [3.05, 3.63) is 53.8 Å². The zero-order valence-corrected chi connectivity index (χ0v) is 17.6. The molecule has 2 aromatic carbocycles. The topological polar surface area (TPSA) is 126 Å². The fourth-order valence-electron chi connectivity index (χ4n) is 3.51. The summed E-state index contributed by atoms with van der Waals surface area (Å²) >= 11 is 0. The minimum atomic E-state index is -1.40. The number of anilines is 1. The minimum Gasteiger partial charge on any atom is -0.486 e. The van der Waals surface area contributed by atoms with Crippen LogP contribution >= 0.6 is 0 Å². The summed E-state index contributed by atoms with van der Waals surface area (Å²) in [6.45, 7) is 1.37. The van der Waals surface area contributed by atoms with Gasteiger partial charge in [-0.15, -0.1) is 0 Å². The minimum absolute atomic E-state index is 0.361. The summed E-state index contributed by atoms with van der Waals surface area (Å²) < 4.78 is 23.9. The van der Waals surface area contributed by atoms with E-state index >= 15 is 0 Å². The largest absolute Gasteiger partial charge is 0.486 e. The Hall–Kier alpha value is -4.15. The number of amides is 5. The first-order valence-corrected chi connectivity index (χ1v) is 10.1. The third-order valence-electron chi connectivity index (χ3n) is 5.27. The number of carbonyl (C=O) groups excluding carboxylic acids is 4. The molecule has 10 nitrogen and oxygen atoms in total.